The third kappa shape index (κ3) is 8.79. The molecule has 4 nitrogen and oxygen atoms in total. The molecule has 0 aliphatic rings. The molecule has 0 aliphatic carbocycles. The van der Waals surface area contributed by atoms with Gasteiger partial charge in [0.05, 0.1) is 13.2 Å². The van der Waals surface area contributed by atoms with E-state index < -0.39 is 0 Å². The molecule has 0 aromatic carbocycles. The molecule has 18 heavy (non-hydrogen) atoms. The van der Waals surface area contributed by atoms with Gasteiger partial charge in [0.1, 0.15) is 25.1 Å². The maximum Gasteiger partial charge on any atom is 0.125 e. The van der Waals surface area contributed by atoms with E-state index in [1.54, 1.807) is 0 Å². The van der Waals surface area contributed by atoms with Crippen LogP contribution in [-0.4, -0.2) is 25.8 Å². The Labute approximate surface area is 109 Å². The lowest BCUT2D eigenvalue weighted by molar-refractivity contribution is -0.116. The Morgan fingerprint density at radius 2 is 1.11 bits per heavy atom. The molecule has 0 saturated heterocycles. The smallest absolute Gasteiger partial charge is 0.125 e. The summed E-state index contributed by atoms with van der Waals surface area (Å²) < 4.78 is 10.4. The van der Waals surface area contributed by atoms with Gasteiger partial charge in [-0.15, -0.1) is 0 Å². The largest absolute Gasteiger partial charge is 0.498 e. The molecular formula is C14H24O4. The summed E-state index contributed by atoms with van der Waals surface area (Å²) in [6.45, 7) is 8.42. The van der Waals surface area contributed by atoms with Crippen LogP contribution in [-0.2, 0) is 19.1 Å². The second kappa shape index (κ2) is 7.90. The van der Waals surface area contributed by atoms with Gasteiger partial charge >= 0.3 is 0 Å². The highest BCUT2D eigenvalue weighted by molar-refractivity contribution is 5.58. The van der Waals surface area contributed by atoms with Gasteiger partial charge in [-0.25, -0.2) is 0 Å². The number of hydrogen-bond donors (Lipinski definition) is 0. The van der Waals surface area contributed by atoms with Gasteiger partial charge < -0.3 is 19.1 Å². The molecule has 4 heteroatoms. The highest BCUT2D eigenvalue weighted by atomic mass is 16.5. The molecule has 0 aliphatic heterocycles. The number of carbonyl (C=O) groups is 2. The fourth-order valence-electron chi connectivity index (χ4n) is 0.976. The van der Waals surface area contributed by atoms with Crippen molar-refractivity contribution in [2.45, 2.75) is 40.5 Å². The van der Waals surface area contributed by atoms with Gasteiger partial charge in [-0.1, -0.05) is 27.7 Å². The Bertz CT molecular complexity index is 252. The Morgan fingerprint density at radius 3 is 1.39 bits per heavy atom. The summed E-state index contributed by atoms with van der Waals surface area (Å²) in [7, 11) is 0. The van der Waals surface area contributed by atoms with Crippen LogP contribution >= 0.6 is 0 Å². The first-order valence-corrected chi connectivity index (χ1v) is 6.14. The quantitative estimate of drug-likeness (QED) is 0.342. The molecule has 0 bridgehead atoms. The maximum atomic E-state index is 10.6. The van der Waals surface area contributed by atoms with Crippen molar-refractivity contribution in [2.24, 2.45) is 10.8 Å². The van der Waals surface area contributed by atoms with Gasteiger partial charge in [0.15, 0.2) is 0 Å². The van der Waals surface area contributed by atoms with Gasteiger partial charge in [-0.2, -0.15) is 0 Å². The molecule has 0 spiro atoms. The van der Waals surface area contributed by atoms with E-state index in [-0.39, 0.29) is 10.8 Å². The zero-order valence-corrected chi connectivity index (χ0v) is 11.8. The first-order chi connectivity index (χ1) is 8.33. The van der Waals surface area contributed by atoms with Crippen LogP contribution in [0.2, 0.25) is 0 Å². The Hall–Kier alpha value is -1.32. The van der Waals surface area contributed by atoms with Crippen molar-refractivity contribution in [3.8, 4) is 0 Å². The topological polar surface area (TPSA) is 52.6 Å². The van der Waals surface area contributed by atoms with Crippen LogP contribution in [0.4, 0.5) is 0 Å². The van der Waals surface area contributed by atoms with Crippen LogP contribution in [0.25, 0.3) is 0 Å². The zero-order valence-electron chi connectivity index (χ0n) is 11.8. The van der Waals surface area contributed by atoms with Crippen molar-refractivity contribution in [3.63, 3.8) is 0 Å². The normalized spacial score (nSPS) is 12.4. The van der Waals surface area contributed by atoms with E-state index in [1.165, 1.54) is 12.5 Å². The van der Waals surface area contributed by atoms with E-state index in [0.29, 0.717) is 26.1 Å². The van der Waals surface area contributed by atoms with Crippen LogP contribution < -0.4 is 0 Å². The number of carbonyl (C=O) groups excluding carboxylic acids is 2. The fourth-order valence-corrected chi connectivity index (χ4v) is 0.976. The first kappa shape index (κ1) is 16.7. The lowest BCUT2D eigenvalue weighted by atomic mass is 9.92. The van der Waals surface area contributed by atoms with Crippen LogP contribution in [0, 0.1) is 10.8 Å². The van der Waals surface area contributed by atoms with Crippen molar-refractivity contribution < 1.29 is 19.1 Å². The lowest BCUT2D eigenvalue weighted by Gasteiger charge is -2.16. The molecule has 0 heterocycles. The third-order valence-corrected chi connectivity index (χ3v) is 2.61. The summed E-state index contributed by atoms with van der Waals surface area (Å²) in [5.41, 5.74) is -0.689. The molecule has 0 radical (unpaired) electrons. The van der Waals surface area contributed by atoms with Crippen LogP contribution in [0.1, 0.15) is 40.5 Å². The van der Waals surface area contributed by atoms with Gasteiger partial charge in [-0.3, -0.25) is 0 Å². The molecule has 0 aromatic rings. The van der Waals surface area contributed by atoms with E-state index in [0.717, 1.165) is 12.6 Å². The average Bonchev–Trinajstić information content (AvgIpc) is 2.32. The lowest BCUT2D eigenvalue weighted by Crippen LogP contribution is -2.15. The van der Waals surface area contributed by atoms with E-state index in [4.69, 9.17) is 9.47 Å². The molecule has 0 aromatic heterocycles. The standard InChI is InChI=1S/C14H24O4/c1-13(2,11-15)5-7-17-9-10-18-8-6-14(3,4)12-16/h9-12H,5-8H2,1-4H3. The van der Waals surface area contributed by atoms with Crippen molar-refractivity contribution in [1.29, 1.82) is 0 Å². The summed E-state index contributed by atoms with van der Waals surface area (Å²) in [4.78, 5) is 21.3. The third-order valence-electron chi connectivity index (χ3n) is 2.61. The molecule has 0 N–H and O–H groups in total. The minimum atomic E-state index is -0.345. The monoisotopic (exact) mass is 256 g/mol. The Balaban J connectivity index is 3.56. The fraction of sp³-hybridized carbons (Fsp3) is 0.714. The maximum absolute atomic E-state index is 10.6. The SMILES string of the molecule is CC(C)(C=O)CCOC=COCCC(C)(C)C=O. The number of hydrogen-bond acceptors (Lipinski definition) is 4. The predicted molar refractivity (Wildman–Crippen MR) is 70.0 cm³/mol. The van der Waals surface area contributed by atoms with E-state index in [1.807, 2.05) is 27.7 Å². The average molecular weight is 256 g/mol. The molecular weight excluding hydrogens is 232 g/mol. The second-order valence-corrected chi connectivity index (χ2v) is 5.73. The van der Waals surface area contributed by atoms with Gasteiger partial charge in [0.25, 0.3) is 0 Å². The minimum Gasteiger partial charge on any atom is -0.498 e. The van der Waals surface area contributed by atoms with Crippen molar-refractivity contribution in [2.75, 3.05) is 13.2 Å². The van der Waals surface area contributed by atoms with E-state index in [9.17, 15) is 9.59 Å². The summed E-state index contributed by atoms with van der Waals surface area (Å²) >= 11 is 0. The van der Waals surface area contributed by atoms with E-state index >= 15 is 0 Å². The van der Waals surface area contributed by atoms with Gasteiger partial charge in [0.2, 0.25) is 0 Å². The van der Waals surface area contributed by atoms with Crippen LogP contribution in [0.3, 0.4) is 0 Å². The van der Waals surface area contributed by atoms with Crippen molar-refractivity contribution >= 4 is 12.6 Å². The Kier molecular flexibility index (Phi) is 7.32. The van der Waals surface area contributed by atoms with Crippen LogP contribution in [0.5, 0.6) is 0 Å². The number of aldehydes is 2. The highest BCUT2D eigenvalue weighted by Crippen LogP contribution is 2.17. The molecule has 0 atom stereocenters. The number of rotatable bonds is 10. The Morgan fingerprint density at radius 1 is 0.778 bits per heavy atom. The highest BCUT2D eigenvalue weighted by Gasteiger charge is 2.16. The molecule has 0 unspecified atom stereocenters. The van der Waals surface area contributed by atoms with Gasteiger partial charge in [0, 0.05) is 10.8 Å². The summed E-state index contributed by atoms with van der Waals surface area (Å²) in [5, 5.41) is 0. The first-order valence-electron chi connectivity index (χ1n) is 6.14. The second-order valence-electron chi connectivity index (χ2n) is 5.73. The van der Waals surface area contributed by atoms with Crippen molar-refractivity contribution in [1.82, 2.24) is 0 Å². The molecule has 0 rings (SSSR count). The molecule has 0 amide bonds. The van der Waals surface area contributed by atoms with E-state index in [2.05, 4.69) is 0 Å². The summed E-state index contributed by atoms with van der Waals surface area (Å²) in [6.07, 6.45) is 6.12. The van der Waals surface area contributed by atoms with Gasteiger partial charge in [-0.05, 0) is 12.8 Å². The van der Waals surface area contributed by atoms with Crippen LogP contribution in [0.15, 0.2) is 12.5 Å². The molecule has 0 fully saturated rings. The predicted octanol–water partition coefficient (Wildman–Crippen LogP) is 2.72. The minimum absolute atomic E-state index is 0.345. The summed E-state index contributed by atoms with van der Waals surface area (Å²) in [6, 6.07) is 0. The zero-order chi connectivity index (χ0) is 14.1. The molecule has 104 valence electrons. The van der Waals surface area contributed by atoms with Crippen molar-refractivity contribution in [3.05, 3.63) is 12.5 Å². The number of ether oxygens (including phenoxy) is 2. The summed E-state index contributed by atoms with van der Waals surface area (Å²) in [5.74, 6) is 0. The molecule has 0 saturated carbocycles.